The Labute approximate surface area is 120 Å². The van der Waals surface area contributed by atoms with Gasteiger partial charge in [0.25, 0.3) is 11.8 Å². The standard InChI is InChI=1S/C11H18N4O4S/c1-6(12)9(20-13)11(19)15-7(5-16)3-4-8(17)10(18)14-2/h5,7H,3-4,12-13H2,1-2H3,(H,14,18)(H,15,19)/b9-6-. The van der Waals surface area contributed by atoms with Crippen LogP contribution in [0.4, 0.5) is 0 Å². The summed E-state index contributed by atoms with van der Waals surface area (Å²) in [5.41, 5.74) is 5.69. The minimum Gasteiger partial charge on any atom is -0.401 e. The number of carbonyl (C=O) groups excluding carboxylic acids is 4. The fourth-order valence-corrected chi connectivity index (χ4v) is 1.63. The number of hydrogen-bond donors (Lipinski definition) is 4. The topological polar surface area (TPSA) is 144 Å². The molecule has 0 fully saturated rings. The van der Waals surface area contributed by atoms with E-state index in [9.17, 15) is 19.2 Å². The summed E-state index contributed by atoms with van der Waals surface area (Å²) in [5.74, 6) is -1.99. The van der Waals surface area contributed by atoms with Crippen molar-refractivity contribution in [2.45, 2.75) is 25.8 Å². The molecule has 0 radical (unpaired) electrons. The average molecular weight is 302 g/mol. The lowest BCUT2D eigenvalue weighted by molar-refractivity contribution is -0.137. The van der Waals surface area contributed by atoms with Crippen molar-refractivity contribution in [2.24, 2.45) is 10.9 Å². The van der Waals surface area contributed by atoms with Crippen molar-refractivity contribution in [3.63, 3.8) is 0 Å². The number of allylic oxidation sites excluding steroid dienone is 1. The Morgan fingerprint density at radius 1 is 1.30 bits per heavy atom. The first kappa shape index (κ1) is 18.1. The van der Waals surface area contributed by atoms with Gasteiger partial charge in [-0.05, 0) is 25.3 Å². The molecule has 0 aromatic heterocycles. The highest BCUT2D eigenvalue weighted by atomic mass is 32.2. The van der Waals surface area contributed by atoms with Gasteiger partial charge in [0.2, 0.25) is 5.78 Å². The maximum atomic E-state index is 11.7. The van der Waals surface area contributed by atoms with Gasteiger partial charge >= 0.3 is 0 Å². The molecule has 2 amide bonds. The minimum absolute atomic E-state index is 0.0215. The summed E-state index contributed by atoms with van der Waals surface area (Å²) in [6, 6.07) is -0.891. The zero-order chi connectivity index (χ0) is 15.7. The van der Waals surface area contributed by atoms with Crippen molar-refractivity contribution in [1.29, 1.82) is 0 Å². The van der Waals surface area contributed by atoms with Crippen LogP contribution in [0.15, 0.2) is 10.6 Å². The molecule has 0 aliphatic rings. The molecule has 112 valence electrons. The Morgan fingerprint density at radius 2 is 1.90 bits per heavy atom. The van der Waals surface area contributed by atoms with Gasteiger partial charge in [-0.3, -0.25) is 19.5 Å². The molecule has 0 bridgehead atoms. The summed E-state index contributed by atoms with van der Waals surface area (Å²) in [6.07, 6.45) is 0.354. The van der Waals surface area contributed by atoms with Gasteiger partial charge in [-0.2, -0.15) is 0 Å². The van der Waals surface area contributed by atoms with Gasteiger partial charge in [0.05, 0.1) is 6.04 Å². The summed E-state index contributed by atoms with van der Waals surface area (Å²) < 4.78 is 0. The van der Waals surface area contributed by atoms with E-state index in [0.29, 0.717) is 18.2 Å². The summed E-state index contributed by atoms with van der Waals surface area (Å²) in [7, 11) is 1.33. The van der Waals surface area contributed by atoms with Crippen LogP contribution in [-0.4, -0.2) is 37.0 Å². The Bertz CT molecular complexity index is 432. The molecule has 8 nitrogen and oxygen atoms in total. The predicted octanol–water partition coefficient (Wildman–Crippen LogP) is -1.44. The molecule has 0 aromatic carbocycles. The van der Waals surface area contributed by atoms with Crippen molar-refractivity contribution in [2.75, 3.05) is 7.05 Å². The number of carbonyl (C=O) groups is 4. The number of likely N-dealkylation sites (N-methyl/N-ethyl adjacent to an activating group) is 1. The van der Waals surface area contributed by atoms with E-state index in [1.807, 2.05) is 0 Å². The molecule has 0 aromatic rings. The Kier molecular flexibility index (Phi) is 8.25. The first-order valence-corrected chi connectivity index (χ1v) is 6.59. The van der Waals surface area contributed by atoms with E-state index < -0.39 is 23.6 Å². The Morgan fingerprint density at radius 3 is 2.30 bits per heavy atom. The van der Waals surface area contributed by atoms with E-state index >= 15 is 0 Å². The lowest BCUT2D eigenvalue weighted by Crippen LogP contribution is -2.38. The van der Waals surface area contributed by atoms with Gasteiger partial charge in [0.15, 0.2) is 0 Å². The molecule has 0 saturated heterocycles. The van der Waals surface area contributed by atoms with Crippen LogP contribution >= 0.6 is 11.9 Å². The van der Waals surface area contributed by atoms with Crippen LogP contribution in [0.2, 0.25) is 0 Å². The van der Waals surface area contributed by atoms with Crippen molar-refractivity contribution < 1.29 is 19.2 Å². The third kappa shape index (κ3) is 5.85. The second-order valence-electron chi connectivity index (χ2n) is 3.89. The first-order valence-electron chi connectivity index (χ1n) is 5.71. The fourth-order valence-electron chi connectivity index (χ4n) is 1.27. The van der Waals surface area contributed by atoms with E-state index in [2.05, 4.69) is 10.6 Å². The second-order valence-corrected chi connectivity index (χ2v) is 4.53. The smallest absolute Gasteiger partial charge is 0.287 e. The lowest BCUT2D eigenvalue weighted by Gasteiger charge is -2.13. The van der Waals surface area contributed by atoms with E-state index in [1.165, 1.54) is 14.0 Å². The van der Waals surface area contributed by atoms with E-state index in [0.717, 1.165) is 0 Å². The third-order valence-corrected chi connectivity index (χ3v) is 3.07. The molecule has 1 unspecified atom stereocenters. The number of nitrogens with one attached hydrogen (secondary N) is 2. The van der Waals surface area contributed by atoms with Gasteiger partial charge in [0, 0.05) is 19.2 Å². The number of ketones is 1. The highest BCUT2D eigenvalue weighted by Crippen LogP contribution is 2.11. The number of Topliss-reactive ketones (excluding diaryl/α,β-unsaturated/α-hetero) is 1. The third-order valence-electron chi connectivity index (χ3n) is 2.33. The molecule has 0 spiro atoms. The summed E-state index contributed by atoms with van der Waals surface area (Å²) in [6.45, 7) is 1.50. The van der Waals surface area contributed by atoms with E-state index in [-0.39, 0.29) is 23.4 Å². The van der Waals surface area contributed by atoms with Crippen LogP contribution < -0.4 is 21.5 Å². The van der Waals surface area contributed by atoms with Crippen molar-refractivity contribution in [1.82, 2.24) is 10.6 Å². The molecule has 0 saturated carbocycles. The molecule has 9 heteroatoms. The molecule has 0 aliphatic carbocycles. The molecule has 20 heavy (non-hydrogen) atoms. The van der Waals surface area contributed by atoms with Crippen LogP contribution in [0, 0.1) is 0 Å². The van der Waals surface area contributed by atoms with Crippen LogP contribution in [0.5, 0.6) is 0 Å². The molecule has 0 aliphatic heterocycles. The highest BCUT2D eigenvalue weighted by molar-refractivity contribution is 8.01. The van der Waals surface area contributed by atoms with Crippen molar-refractivity contribution in [3.05, 3.63) is 10.6 Å². The predicted molar refractivity (Wildman–Crippen MR) is 75.0 cm³/mol. The van der Waals surface area contributed by atoms with Gasteiger partial charge < -0.3 is 21.2 Å². The Hall–Kier alpha value is -1.87. The number of nitrogens with two attached hydrogens (primary N) is 2. The summed E-state index contributed by atoms with van der Waals surface area (Å²) in [5, 5.41) is 9.86. The summed E-state index contributed by atoms with van der Waals surface area (Å²) in [4.78, 5) is 45.0. The zero-order valence-corrected chi connectivity index (χ0v) is 12.1. The lowest BCUT2D eigenvalue weighted by atomic mass is 10.1. The zero-order valence-electron chi connectivity index (χ0n) is 11.3. The number of aldehydes is 1. The summed E-state index contributed by atoms with van der Waals surface area (Å²) >= 11 is 0.667. The maximum absolute atomic E-state index is 11.7. The Balaban J connectivity index is 4.54. The van der Waals surface area contributed by atoms with Gasteiger partial charge in [0.1, 0.15) is 11.2 Å². The van der Waals surface area contributed by atoms with Crippen molar-refractivity contribution in [3.8, 4) is 0 Å². The molecule has 0 heterocycles. The monoisotopic (exact) mass is 302 g/mol. The highest BCUT2D eigenvalue weighted by Gasteiger charge is 2.19. The number of rotatable bonds is 8. The van der Waals surface area contributed by atoms with Gasteiger partial charge in [-0.15, -0.1) is 0 Å². The van der Waals surface area contributed by atoms with Crippen LogP contribution in [0.3, 0.4) is 0 Å². The number of hydrogen-bond acceptors (Lipinski definition) is 7. The van der Waals surface area contributed by atoms with Crippen molar-refractivity contribution >= 4 is 35.8 Å². The largest absolute Gasteiger partial charge is 0.401 e. The normalized spacial score (nSPS) is 12.9. The average Bonchev–Trinajstić information content (AvgIpc) is 2.42. The van der Waals surface area contributed by atoms with Crippen LogP contribution in [0.1, 0.15) is 19.8 Å². The maximum Gasteiger partial charge on any atom is 0.287 e. The van der Waals surface area contributed by atoms with Gasteiger partial charge in [-0.25, -0.2) is 0 Å². The quantitative estimate of drug-likeness (QED) is 0.186. The SMILES string of the molecule is CNC(=O)C(=O)CCC(C=O)NC(=O)/C(SN)=C(\C)N. The minimum atomic E-state index is -0.891. The second kappa shape index (κ2) is 9.10. The van der Waals surface area contributed by atoms with E-state index in [4.69, 9.17) is 10.9 Å². The molecule has 0 rings (SSSR count). The molecule has 6 N–H and O–H groups in total. The number of amides is 2. The molecular formula is C11H18N4O4S. The molecule has 1 atom stereocenters. The van der Waals surface area contributed by atoms with Crippen LogP contribution in [-0.2, 0) is 19.2 Å². The van der Waals surface area contributed by atoms with E-state index in [1.54, 1.807) is 0 Å². The van der Waals surface area contributed by atoms with Crippen LogP contribution in [0.25, 0.3) is 0 Å². The fraction of sp³-hybridized carbons (Fsp3) is 0.455. The van der Waals surface area contributed by atoms with Gasteiger partial charge in [-0.1, -0.05) is 0 Å². The molecular weight excluding hydrogens is 284 g/mol. The first-order chi connectivity index (χ1) is 9.37.